The van der Waals surface area contributed by atoms with Gasteiger partial charge in [0.05, 0.1) is 12.1 Å². The van der Waals surface area contributed by atoms with Crippen molar-refractivity contribution in [2.75, 3.05) is 26.2 Å². The van der Waals surface area contributed by atoms with Crippen molar-refractivity contribution in [2.24, 2.45) is 0 Å². The smallest absolute Gasteiger partial charge is 0.228 e. The number of thiazole rings is 1. The van der Waals surface area contributed by atoms with E-state index in [1.807, 2.05) is 22.4 Å². The van der Waals surface area contributed by atoms with Crippen LogP contribution in [0.25, 0.3) is 0 Å². The number of benzene rings is 1. The lowest BCUT2D eigenvalue weighted by Crippen LogP contribution is -2.48. The first kappa shape index (κ1) is 20.3. The second-order valence-electron chi connectivity index (χ2n) is 6.89. The van der Waals surface area contributed by atoms with E-state index in [2.05, 4.69) is 27.4 Å². The summed E-state index contributed by atoms with van der Waals surface area (Å²) in [6.45, 7) is 4.76. The highest BCUT2D eigenvalue weighted by molar-refractivity contribution is 7.10. The maximum absolute atomic E-state index is 12.6. The number of halogens is 1. The first-order chi connectivity index (χ1) is 14.2. The maximum atomic E-state index is 12.6. The van der Waals surface area contributed by atoms with Crippen molar-refractivity contribution in [1.82, 2.24) is 14.8 Å². The summed E-state index contributed by atoms with van der Waals surface area (Å²) >= 11 is 9.19. The summed E-state index contributed by atoms with van der Waals surface area (Å²) in [6, 6.07) is 11.5. The lowest BCUT2D eigenvalue weighted by molar-refractivity contribution is -0.132. The number of hydrogen-bond acceptors (Lipinski definition) is 6. The fourth-order valence-electron chi connectivity index (χ4n) is 3.22. The number of carbonyl (C=O) groups excluding carboxylic acids is 1. The molecule has 4 rings (SSSR count). The van der Waals surface area contributed by atoms with Gasteiger partial charge >= 0.3 is 0 Å². The van der Waals surface area contributed by atoms with Gasteiger partial charge in [-0.05, 0) is 35.7 Å². The van der Waals surface area contributed by atoms with E-state index in [0.717, 1.165) is 49.2 Å². The lowest BCUT2D eigenvalue weighted by Gasteiger charge is -2.34. The average molecular weight is 448 g/mol. The fourth-order valence-corrected chi connectivity index (χ4v) is 4.79. The molecule has 152 valence electrons. The normalized spacial score (nSPS) is 14.9. The molecule has 2 aromatic heterocycles. The molecule has 0 radical (unpaired) electrons. The molecule has 3 aromatic rings. The Morgan fingerprint density at radius 1 is 1.10 bits per heavy atom. The van der Waals surface area contributed by atoms with E-state index >= 15 is 0 Å². The molecule has 1 saturated heterocycles. The predicted molar refractivity (Wildman–Crippen MR) is 118 cm³/mol. The molecular weight excluding hydrogens is 426 g/mol. The number of amides is 1. The molecule has 3 heterocycles. The van der Waals surface area contributed by atoms with Gasteiger partial charge in [0.1, 0.15) is 17.4 Å². The summed E-state index contributed by atoms with van der Waals surface area (Å²) in [4.78, 5) is 22.9. The van der Waals surface area contributed by atoms with E-state index in [1.54, 1.807) is 23.5 Å². The third kappa shape index (κ3) is 5.79. The SMILES string of the molecule is O=C(Cc1csc(COc2ccc(Cl)cc2)n1)N1CCN(Cc2cccs2)CC1. The van der Waals surface area contributed by atoms with Crippen LogP contribution in [0.15, 0.2) is 47.2 Å². The quantitative estimate of drug-likeness (QED) is 0.541. The monoisotopic (exact) mass is 447 g/mol. The van der Waals surface area contributed by atoms with Crippen molar-refractivity contribution < 1.29 is 9.53 Å². The minimum absolute atomic E-state index is 0.149. The number of nitrogens with zero attached hydrogens (tertiary/aromatic N) is 3. The third-order valence-electron chi connectivity index (χ3n) is 4.79. The molecule has 5 nitrogen and oxygen atoms in total. The second-order valence-corrected chi connectivity index (χ2v) is 9.30. The molecule has 0 N–H and O–H groups in total. The Morgan fingerprint density at radius 2 is 1.90 bits per heavy atom. The molecule has 1 aliphatic rings. The van der Waals surface area contributed by atoms with Crippen LogP contribution in [0, 0.1) is 0 Å². The van der Waals surface area contributed by atoms with E-state index in [4.69, 9.17) is 16.3 Å². The van der Waals surface area contributed by atoms with Crippen LogP contribution in [0.1, 0.15) is 15.6 Å². The highest BCUT2D eigenvalue weighted by Gasteiger charge is 2.22. The molecular formula is C21H22ClN3O2S2. The van der Waals surface area contributed by atoms with Gasteiger partial charge in [-0.2, -0.15) is 0 Å². The van der Waals surface area contributed by atoms with Crippen LogP contribution in [0.5, 0.6) is 5.75 Å². The molecule has 0 unspecified atom stereocenters. The Labute approximate surface area is 183 Å². The van der Waals surface area contributed by atoms with E-state index in [1.165, 1.54) is 16.2 Å². The molecule has 1 amide bonds. The lowest BCUT2D eigenvalue weighted by atomic mass is 10.2. The van der Waals surface area contributed by atoms with E-state index < -0.39 is 0 Å². The molecule has 29 heavy (non-hydrogen) atoms. The Hall–Kier alpha value is -1.93. The zero-order chi connectivity index (χ0) is 20.1. The number of aromatic nitrogens is 1. The van der Waals surface area contributed by atoms with Gasteiger partial charge < -0.3 is 9.64 Å². The molecule has 1 fully saturated rings. The zero-order valence-electron chi connectivity index (χ0n) is 15.9. The molecule has 0 bridgehead atoms. The highest BCUT2D eigenvalue weighted by atomic mass is 35.5. The summed E-state index contributed by atoms with van der Waals surface area (Å²) in [7, 11) is 0. The Bertz CT molecular complexity index is 920. The summed E-state index contributed by atoms with van der Waals surface area (Å²) < 4.78 is 5.73. The first-order valence-corrected chi connectivity index (χ1v) is 11.6. The number of carbonyl (C=O) groups is 1. The fraction of sp³-hybridized carbons (Fsp3) is 0.333. The Kier molecular flexibility index (Phi) is 6.82. The van der Waals surface area contributed by atoms with Gasteiger partial charge in [0.2, 0.25) is 5.91 Å². The average Bonchev–Trinajstić information content (AvgIpc) is 3.40. The minimum Gasteiger partial charge on any atom is -0.486 e. The van der Waals surface area contributed by atoms with E-state index in [0.29, 0.717) is 18.1 Å². The molecule has 0 atom stereocenters. The molecule has 0 saturated carbocycles. The molecule has 0 aliphatic carbocycles. The van der Waals surface area contributed by atoms with Crippen LogP contribution in [-0.4, -0.2) is 46.9 Å². The number of thiophene rings is 1. The number of piperazine rings is 1. The van der Waals surface area contributed by atoms with Crippen molar-refractivity contribution in [3.05, 3.63) is 67.8 Å². The summed E-state index contributed by atoms with van der Waals surface area (Å²) in [5.74, 6) is 0.902. The van der Waals surface area contributed by atoms with Crippen molar-refractivity contribution in [3.63, 3.8) is 0 Å². The minimum atomic E-state index is 0.149. The standard InChI is InChI=1S/C21H22ClN3O2S2/c22-16-3-5-18(6-4-16)27-14-20-23-17(15-29-20)12-21(26)25-9-7-24(8-10-25)13-19-2-1-11-28-19/h1-6,11,15H,7-10,12-14H2. The van der Waals surface area contributed by atoms with Gasteiger partial charge in [-0.15, -0.1) is 22.7 Å². The van der Waals surface area contributed by atoms with Crippen molar-refractivity contribution in [1.29, 1.82) is 0 Å². The van der Waals surface area contributed by atoms with Gasteiger partial charge in [-0.3, -0.25) is 9.69 Å². The number of hydrogen-bond donors (Lipinski definition) is 0. The maximum Gasteiger partial charge on any atom is 0.228 e. The third-order valence-corrected chi connectivity index (χ3v) is 6.78. The molecule has 1 aromatic carbocycles. The highest BCUT2D eigenvalue weighted by Crippen LogP contribution is 2.19. The van der Waals surface area contributed by atoms with Gasteiger partial charge in [0.15, 0.2) is 0 Å². The van der Waals surface area contributed by atoms with Crippen LogP contribution < -0.4 is 4.74 Å². The molecule has 0 spiro atoms. The largest absolute Gasteiger partial charge is 0.486 e. The Balaban J connectivity index is 1.22. The first-order valence-electron chi connectivity index (χ1n) is 9.50. The topological polar surface area (TPSA) is 45.7 Å². The predicted octanol–water partition coefficient (Wildman–Crippen LogP) is 4.32. The second kappa shape index (κ2) is 9.71. The summed E-state index contributed by atoms with van der Waals surface area (Å²) in [5, 5.41) is 5.60. The summed E-state index contributed by atoms with van der Waals surface area (Å²) in [5.41, 5.74) is 0.815. The summed E-state index contributed by atoms with van der Waals surface area (Å²) in [6.07, 6.45) is 0.350. The van der Waals surface area contributed by atoms with Crippen LogP contribution in [0.3, 0.4) is 0 Å². The zero-order valence-corrected chi connectivity index (χ0v) is 18.3. The van der Waals surface area contributed by atoms with Gasteiger partial charge in [0.25, 0.3) is 0 Å². The van der Waals surface area contributed by atoms with Crippen molar-refractivity contribution in [3.8, 4) is 5.75 Å². The van der Waals surface area contributed by atoms with Crippen LogP contribution >= 0.6 is 34.3 Å². The molecule has 1 aliphatic heterocycles. The van der Waals surface area contributed by atoms with Crippen molar-refractivity contribution >= 4 is 40.2 Å². The van der Waals surface area contributed by atoms with E-state index in [9.17, 15) is 4.79 Å². The number of rotatable bonds is 7. The van der Waals surface area contributed by atoms with Crippen LogP contribution in [0.4, 0.5) is 0 Å². The van der Waals surface area contributed by atoms with E-state index in [-0.39, 0.29) is 5.91 Å². The van der Waals surface area contributed by atoms with Crippen molar-refractivity contribution in [2.45, 2.75) is 19.6 Å². The number of ether oxygens (including phenoxy) is 1. The molecule has 8 heteroatoms. The van der Waals surface area contributed by atoms with Gasteiger partial charge in [-0.25, -0.2) is 4.98 Å². The van der Waals surface area contributed by atoms with Gasteiger partial charge in [-0.1, -0.05) is 17.7 Å². The van der Waals surface area contributed by atoms with Crippen LogP contribution in [-0.2, 0) is 24.4 Å². The Morgan fingerprint density at radius 3 is 2.62 bits per heavy atom. The van der Waals surface area contributed by atoms with Gasteiger partial charge in [0, 0.05) is 48.0 Å². The van der Waals surface area contributed by atoms with Crippen LogP contribution in [0.2, 0.25) is 5.02 Å².